The van der Waals surface area contributed by atoms with E-state index >= 15 is 0 Å². The van der Waals surface area contributed by atoms with Gasteiger partial charge in [0.25, 0.3) is 5.56 Å². The third-order valence-electron chi connectivity index (χ3n) is 3.73. The quantitative estimate of drug-likeness (QED) is 0.583. The van der Waals surface area contributed by atoms with E-state index in [4.69, 9.17) is 5.73 Å². The lowest BCUT2D eigenvalue weighted by atomic mass is 9.97. The third kappa shape index (κ3) is 3.16. The first-order valence-electron chi connectivity index (χ1n) is 7.42. The minimum Gasteiger partial charge on any atom is -0.369 e. The zero-order valence-electron chi connectivity index (χ0n) is 12.5. The standard InChI is InChI=1S/C16H19N5O/c1-10-6-8-11(9-7-10)18-15(17)21-16-19-13-5-3-2-4-12(13)14(22)20-16/h6-9H,2-5H2,1H3,(H4,17,18,19,20,21,22). The Morgan fingerprint density at radius 1 is 1.27 bits per heavy atom. The van der Waals surface area contributed by atoms with Crippen LogP contribution < -0.4 is 16.6 Å². The number of nitrogens with zero attached hydrogens (tertiary/aromatic N) is 2. The van der Waals surface area contributed by atoms with Crippen LogP contribution in [0, 0.1) is 6.92 Å². The first-order chi connectivity index (χ1) is 10.6. The molecule has 1 heterocycles. The van der Waals surface area contributed by atoms with Crippen molar-refractivity contribution in [1.82, 2.24) is 9.97 Å². The second-order valence-corrected chi connectivity index (χ2v) is 5.51. The smallest absolute Gasteiger partial charge is 0.255 e. The zero-order valence-corrected chi connectivity index (χ0v) is 12.5. The molecule has 1 aromatic carbocycles. The fraction of sp³-hybridized carbons (Fsp3) is 0.312. The van der Waals surface area contributed by atoms with Crippen LogP contribution >= 0.6 is 0 Å². The van der Waals surface area contributed by atoms with Crippen molar-refractivity contribution in [1.29, 1.82) is 0 Å². The van der Waals surface area contributed by atoms with E-state index in [1.807, 2.05) is 31.2 Å². The summed E-state index contributed by atoms with van der Waals surface area (Å²) >= 11 is 0. The van der Waals surface area contributed by atoms with Crippen molar-refractivity contribution < 1.29 is 0 Å². The molecule has 1 aliphatic carbocycles. The number of hydrogen-bond donors (Lipinski definition) is 3. The van der Waals surface area contributed by atoms with Crippen molar-refractivity contribution in [2.75, 3.05) is 5.32 Å². The summed E-state index contributed by atoms with van der Waals surface area (Å²) in [5.41, 5.74) is 9.41. The summed E-state index contributed by atoms with van der Waals surface area (Å²) in [5.74, 6) is 0.450. The van der Waals surface area contributed by atoms with Gasteiger partial charge in [0.05, 0.1) is 5.69 Å². The van der Waals surface area contributed by atoms with Gasteiger partial charge in [0.15, 0.2) is 0 Å². The summed E-state index contributed by atoms with van der Waals surface area (Å²) in [6, 6.07) is 7.80. The van der Waals surface area contributed by atoms with Gasteiger partial charge in [0, 0.05) is 11.3 Å². The van der Waals surface area contributed by atoms with Crippen LogP contribution in [0.4, 0.5) is 11.6 Å². The van der Waals surface area contributed by atoms with Gasteiger partial charge in [-0.05, 0) is 44.7 Å². The summed E-state index contributed by atoms with van der Waals surface area (Å²) in [6.45, 7) is 2.02. The number of aromatic nitrogens is 2. The monoisotopic (exact) mass is 297 g/mol. The Morgan fingerprint density at radius 3 is 2.77 bits per heavy atom. The Morgan fingerprint density at radius 2 is 2.00 bits per heavy atom. The van der Waals surface area contributed by atoms with E-state index in [-0.39, 0.29) is 17.5 Å². The maximum absolute atomic E-state index is 12.0. The molecule has 6 nitrogen and oxygen atoms in total. The van der Waals surface area contributed by atoms with Crippen molar-refractivity contribution in [3.05, 3.63) is 51.4 Å². The molecule has 0 amide bonds. The molecule has 0 spiro atoms. The van der Waals surface area contributed by atoms with E-state index < -0.39 is 0 Å². The molecule has 22 heavy (non-hydrogen) atoms. The number of H-pyrrole nitrogens is 1. The Hall–Kier alpha value is -2.63. The largest absolute Gasteiger partial charge is 0.369 e. The van der Waals surface area contributed by atoms with Crippen LogP contribution in [0.2, 0.25) is 0 Å². The highest BCUT2D eigenvalue weighted by Gasteiger charge is 2.15. The van der Waals surface area contributed by atoms with Crippen LogP contribution in [0.25, 0.3) is 0 Å². The molecule has 2 aromatic rings. The number of aryl methyl sites for hydroxylation is 2. The summed E-state index contributed by atoms with van der Waals surface area (Å²) < 4.78 is 0. The third-order valence-corrected chi connectivity index (χ3v) is 3.73. The van der Waals surface area contributed by atoms with E-state index in [9.17, 15) is 4.79 Å². The Kier molecular flexibility index (Phi) is 3.91. The van der Waals surface area contributed by atoms with Gasteiger partial charge in [-0.3, -0.25) is 9.78 Å². The number of aliphatic imine (C=N–C) groups is 1. The molecule has 114 valence electrons. The van der Waals surface area contributed by atoms with Gasteiger partial charge < -0.3 is 11.1 Å². The van der Waals surface area contributed by atoms with Gasteiger partial charge in [0.2, 0.25) is 11.9 Å². The first kappa shape index (κ1) is 14.3. The highest BCUT2D eigenvalue weighted by Crippen LogP contribution is 2.17. The average molecular weight is 297 g/mol. The molecule has 0 aliphatic heterocycles. The van der Waals surface area contributed by atoms with Crippen LogP contribution in [0.15, 0.2) is 34.1 Å². The van der Waals surface area contributed by atoms with E-state index in [2.05, 4.69) is 20.3 Å². The maximum atomic E-state index is 12.0. The molecule has 0 fully saturated rings. The molecule has 0 unspecified atom stereocenters. The number of nitrogens with one attached hydrogen (secondary N) is 2. The molecule has 0 saturated carbocycles. The molecular weight excluding hydrogens is 278 g/mol. The normalized spacial score (nSPS) is 14.5. The Labute approximate surface area is 128 Å². The van der Waals surface area contributed by atoms with Crippen molar-refractivity contribution in [3.8, 4) is 0 Å². The van der Waals surface area contributed by atoms with Crippen molar-refractivity contribution in [2.45, 2.75) is 32.6 Å². The van der Waals surface area contributed by atoms with Crippen molar-refractivity contribution >= 4 is 17.6 Å². The number of nitrogens with two attached hydrogens (primary N) is 1. The Balaban J connectivity index is 1.83. The lowest BCUT2D eigenvalue weighted by molar-refractivity contribution is 0.657. The second-order valence-electron chi connectivity index (χ2n) is 5.51. The van der Waals surface area contributed by atoms with Crippen LogP contribution in [-0.4, -0.2) is 15.9 Å². The SMILES string of the molecule is Cc1ccc(N/C(N)=N/c2nc3c(c(=O)[nH]2)CCCC3)cc1. The van der Waals surface area contributed by atoms with Gasteiger partial charge in [-0.1, -0.05) is 17.7 Å². The van der Waals surface area contributed by atoms with Crippen LogP contribution in [0.3, 0.4) is 0 Å². The molecule has 0 radical (unpaired) electrons. The van der Waals surface area contributed by atoms with Gasteiger partial charge in [-0.25, -0.2) is 4.98 Å². The minimum atomic E-state index is -0.105. The molecular formula is C16H19N5O. The number of rotatable bonds is 2. The van der Waals surface area contributed by atoms with Gasteiger partial charge in [-0.15, -0.1) is 0 Å². The van der Waals surface area contributed by atoms with E-state index in [1.165, 1.54) is 5.56 Å². The number of guanidine groups is 1. The summed E-state index contributed by atoms with van der Waals surface area (Å²) in [7, 11) is 0. The number of hydrogen-bond acceptors (Lipinski definition) is 3. The molecule has 0 atom stereocenters. The maximum Gasteiger partial charge on any atom is 0.255 e. The lowest BCUT2D eigenvalue weighted by Crippen LogP contribution is -2.24. The number of anilines is 1. The molecule has 0 saturated heterocycles. The van der Waals surface area contributed by atoms with E-state index in [0.717, 1.165) is 42.6 Å². The van der Waals surface area contributed by atoms with Crippen LogP contribution in [-0.2, 0) is 12.8 Å². The summed E-state index contributed by atoms with van der Waals surface area (Å²) in [4.78, 5) is 23.3. The van der Waals surface area contributed by atoms with Crippen LogP contribution in [0.1, 0.15) is 29.7 Å². The summed E-state index contributed by atoms with van der Waals surface area (Å²) in [6.07, 6.45) is 3.72. The van der Waals surface area contributed by atoms with Crippen molar-refractivity contribution in [2.24, 2.45) is 10.7 Å². The number of aromatic amines is 1. The molecule has 4 N–H and O–H groups in total. The minimum absolute atomic E-state index is 0.105. The molecule has 1 aromatic heterocycles. The molecule has 6 heteroatoms. The first-order valence-corrected chi connectivity index (χ1v) is 7.42. The fourth-order valence-corrected chi connectivity index (χ4v) is 2.57. The zero-order chi connectivity index (χ0) is 15.5. The second kappa shape index (κ2) is 6.01. The highest BCUT2D eigenvalue weighted by atomic mass is 16.1. The number of benzene rings is 1. The molecule has 0 bridgehead atoms. The van der Waals surface area contributed by atoms with Gasteiger partial charge >= 0.3 is 0 Å². The Bertz CT molecular complexity index is 761. The topological polar surface area (TPSA) is 96.2 Å². The van der Waals surface area contributed by atoms with E-state index in [0.29, 0.717) is 0 Å². The van der Waals surface area contributed by atoms with E-state index in [1.54, 1.807) is 0 Å². The fourth-order valence-electron chi connectivity index (χ4n) is 2.57. The predicted octanol–water partition coefficient (Wildman–Crippen LogP) is 2.02. The molecule has 3 rings (SSSR count). The predicted molar refractivity (Wildman–Crippen MR) is 87.6 cm³/mol. The lowest BCUT2D eigenvalue weighted by Gasteiger charge is -2.13. The average Bonchev–Trinajstić information content (AvgIpc) is 2.49. The summed E-state index contributed by atoms with van der Waals surface area (Å²) in [5, 5.41) is 2.98. The molecule has 1 aliphatic rings. The van der Waals surface area contributed by atoms with Gasteiger partial charge in [-0.2, -0.15) is 4.99 Å². The van der Waals surface area contributed by atoms with Crippen molar-refractivity contribution in [3.63, 3.8) is 0 Å². The number of fused-ring (bicyclic) bond motifs is 1. The van der Waals surface area contributed by atoms with Gasteiger partial charge in [0.1, 0.15) is 0 Å². The highest BCUT2D eigenvalue weighted by molar-refractivity contribution is 5.93. The van der Waals surface area contributed by atoms with Crippen LogP contribution in [0.5, 0.6) is 0 Å².